The molecular weight excluding hydrogens is 176 g/mol. The lowest BCUT2D eigenvalue weighted by Gasteiger charge is -2.23. The standard InChI is InChI=1S/C12H12O2/c13-11-12(7-6-10(8-12)14-11)9-4-2-1-3-5-9/h1-5,10H,6-8H2/t10-,12+/m1/s1. The van der Waals surface area contributed by atoms with Crippen molar-refractivity contribution in [1.82, 2.24) is 0 Å². The van der Waals surface area contributed by atoms with Gasteiger partial charge in [-0.25, -0.2) is 0 Å². The lowest BCUT2D eigenvalue weighted by molar-refractivity contribution is -0.149. The van der Waals surface area contributed by atoms with Crippen molar-refractivity contribution in [3.63, 3.8) is 0 Å². The van der Waals surface area contributed by atoms with Crippen LogP contribution in [0.4, 0.5) is 0 Å². The van der Waals surface area contributed by atoms with Gasteiger partial charge in [0, 0.05) is 6.42 Å². The number of rotatable bonds is 1. The molecule has 0 unspecified atom stereocenters. The van der Waals surface area contributed by atoms with E-state index in [1.165, 1.54) is 0 Å². The van der Waals surface area contributed by atoms with Crippen molar-refractivity contribution < 1.29 is 9.53 Å². The molecule has 2 atom stereocenters. The number of hydrogen-bond donors (Lipinski definition) is 0. The third-order valence-corrected chi connectivity index (χ3v) is 3.46. The van der Waals surface area contributed by atoms with Crippen molar-refractivity contribution in [2.24, 2.45) is 0 Å². The summed E-state index contributed by atoms with van der Waals surface area (Å²) in [5.41, 5.74) is 0.830. The van der Waals surface area contributed by atoms with Crippen LogP contribution < -0.4 is 0 Å². The molecule has 0 spiro atoms. The van der Waals surface area contributed by atoms with Gasteiger partial charge in [-0.1, -0.05) is 30.3 Å². The fraction of sp³-hybridized carbons (Fsp3) is 0.417. The fourth-order valence-electron chi connectivity index (χ4n) is 2.69. The van der Waals surface area contributed by atoms with Gasteiger partial charge in [-0.3, -0.25) is 4.79 Å². The first-order chi connectivity index (χ1) is 6.81. The third kappa shape index (κ3) is 0.884. The second-order valence-electron chi connectivity index (χ2n) is 4.22. The van der Waals surface area contributed by atoms with Crippen molar-refractivity contribution in [3.8, 4) is 0 Å². The fourth-order valence-corrected chi connectivity index (χ4v) is 2.69. The Balaban J connectivity index is 2.08. The van der Waals surface area contributed by atoms with Crippen LogP contribution in [-0.4, -0.2) is 12.1 Å². The van der Waals surface area contributed by atoms with E-state index in [9.17, 15) is 4.79 Å². The van der Waals surface area contributed by atoms with E-state index >= 15 is 0 Å². The molecule has 2 aliphatic rings. The summed E-state index contributed by atoms with van der Waals surface area (Å²) in [7, 11) is 0. The number of esters is 1. The molecule has 2 fully saturated rings. The average molecular weight is 188 g/mol. The van der Waals surface area contributed by atoms with Crippen LogP contribution in [0.2, 0.25) is 0 Å². The van der Waals surface area contributed by atoms with Gasteiger partial charge in [0.25, 0.3) is 0 Å². The maximum atomic E-state index is 11.7. The Morgan fingerprint density at radius 3 is 2.64 bits per heavy atom. The minimum Gasteiger partial charge on any atom is -0.462 e. The largest absolute Gasteiger partial charge is 0.462 e. The second kappa shape index (κ2) is 2.59. The molecule has 0 N–H and O–H groups in total. The number of hydrogen-bond acceptors (Lipinski definition) is 2. The van der Waals surface area contributed by atoms with E-state index in [-0.39, 0.29) is 17.5 Å². The topological polar surface area (TPSA) is 26.3 Å². The highest BCUT2D eigenvalue weighted by molar-refractivity contribution is 5.86. The summed E-state index contributed by atoms with van der Waals surface area (Å²) in [4.78, 5) is 11.7. The zero-order valence-electron chi connectivity index (χ0n) is 7.90. The molecule has 2 bridgehead atoms. The van der Waals surface area contributed by atoms with Crippen molar-refractivity contribution in [3.05, 3.63) is 35.9 Å². The van der Waals surface area contributed by atoms with Gasteiger partial charge in [0.05, 0.1) is 5.41 Å². The molecular formula is C12H12O2. The van der Waals surface area contributed by atoms with Crippen LogP contribution in [-0.2, 0) is 14.9 Å². The van der Waals surface area contributed by atoms with E-state index < -0.39 is 0 Å². The highest BCUT2D eigenvalue weighted by Crippen LogP contribution is 2.48. The molecule has 1 aliphatic carbocycles. The molecule has 1 aromatic carbocycles. The van der Waals surface area contributed by atoms with Crippen LogP contribution in [0.25, 0.3) is 0 Å². The Kier molecular flexibility index (Phi) is 1.49. The molecule has 1 saturated carbocycles. The zero-order valence-corrected chi connectivity index (χ0v) is 7.90. The molecule has 2 nitrogen and oxygen atoms in total. The summed E-state index contributed by atoms with van der Waals surface area (Å²) in [5.74, 6) is -0.0139. The predicted molar refractivity (Wildman–Crippen MR) is 51.9 cm³/mol. The quantitative estimate of drug-likeness (QED) is 0.630. The van der Waals surface area contributed by atoms with Crippen LogP contribution in [0, 0.1) is 0 Å². The number of carbonyl (C=O) groups is 1. The first-order valence-electron chi connectivity index (χ1n) is 5.08. The van der Waals surface area contributed by atoms with Gasteiger partial charge in [0.2, 0.25) is 0 Å². The molecule has 2 heteroatoms. The van der Waals surface area contributed by atoms with Gasteiger partial charge in [0.1, 0.15) is 6.10 Å². The molecule has 72 valence electrons. The SMILES string of the molecule is O=C1O[C@@H]2CC[C@@]1(c1ccccc1)C2. The van der Waals surface area contributed by atoms with Gasteiger partial charge in [-0.2, -0.15) is 0 Å². The molecule has 14 heavy (non-hydrogen) atoms. The number of carbonyl (C=O) groups excluding carboxylic acids is 1. The average Bonchev–Trinajstić information content (AvgIpc) is 2.77. The van der Waals surface area contributed by atoms with E-state index in [4.69, 9.17) is 4.74 Å². The smallest absolute Gasteiger partial charge is 0.316 e. The summed E-state index contributed by atoms with van der Waals surface area (Å²) < 4.78 is 5.28. The molecule has 0 amide bonds. The molecule has 3 rings (SSSR count). The van der Waals surface area contributed by atoms with E-state index in [1.54, 1.807) is 0 Å². The summed E-state index contributed by atoms with van der Waals surface area (Å²) >= 11 is 0. The van der Waals surface area contributed by atoms with Gasteiger partial charge in [0.15, 0.2) is 0 Å². The van der Waals surface area contributed by atoms with Gasteiger partial charge >= 0.3 is 5.97 Å². The first-order valence-corrected chi connectivity index (χ1v) is 5.08. The molecule has 1 aromatic rings. The van der Waals surface area contributed by atoms with Crippen LogP contribution in [0.3, 0.4) is 0 Å². The molecule has 0 aromatic heterocycles. The van der Waals surface area contributed by atoms with Crippen molar-refractivity contribution >= 4 is 5.97 Å². The Bertz CT molecular complexity index is 371. The third-order valence-electron chi connectivity index (χ3n) is 3.46. The van der Waals surface area contributed by atoms with Crippen molar-refractivity contribution in [2.45, 2.75) is 30.8 Å². The Labute approximate surface area is 82.9 Å². The molecule has 1 aliphatic heterocycles. The minimum absolute atomic E-state index is 0.0139. The van der Waals surface area contributed by atoms with Crippen molar-refractivity contribution in [1.29, 1.82) is 0 Å². The summed E-state index contributed by atoms with van der Waals surface area (Å²) in [6.07, 6.45) is 3.06. The molecule has 0 radical (unpaired) electrons. The summed E-state index contributed by atoms with van der Waals surface area (Å²) in [6, 6.07) is 10.0. The van der Waals surface area contributed by atoms with Crippen LogP contribution in [0.15, 0.2) is 30.3 Å². The van der Waals surface area contributed by atoms with Crippen LogP contribution in [0.1, 0.15) is 24.8 Å². The Morgan fingerprint density at radius 1 is 1.29 bits per heavy atom. The number of benzene rings is 1. The van der Waals surface area contributed by atoms with Gasteiger partial charge in [-0.15, -0.1) is 0 Å². The minimum atomic E-state index is -0.300. The van der Waals surface area contributed by atoms with Crippen LogP contribution >= 0.6 is 0 Å². The summed E-state index contributed by atoms with van der Waals surface area (Å²) in [6.45, 7) is 0. The van der Waals surface area contributed by atoms with E-state index in [2.05, 4.69) is 0 Å². The molecule has 1 saturated heterocycles. The number of fused-ring (bicyclic) bond motifs is 2. The first kappa shape index (κ1) is 8.04. The Hall–Kier alpha value is -1.31. The van der Waals surface area contributed by atoms with Crippen molar-refractivity contribution in [2.75, 3.05) is 0 Å². The lowest BCUT2D eigenvalue weighted by atomic mass is 9.80. The highest BCUT2D eigenvalue weighted by Gasteiger charge is 2.55. The van der Waals surface area contributed by atoms with E-state index in [0.717, 1.165) is 24.8 Å². The van der Waals surface area contributed by atoms with E-state index in [0.29, 0.717) is 0 Å². The zero-order chi connectivity index (χ0) is 9.60. The highest BCUT2D eigenvalue weighted by atomic mass is 16.6. The monoisotopic (exact) mass is 188 g/mol. The van der Waals surface area contributed by atoms with Gasteiger partial charge in [-0.05, 0) is 18.4 Å². The lowest BCUT2D eigenvalue weighted by Crippen LogP contribution is -2.31. The number of ether oxygens (including phenoxy) is 1. The maximum Gasteiger partial charge on any atom is 0.316 e. The van der Waals surface area contributed by atoms with Gasteiger partial charge < -0.3 is 4.74 Å². The second-order valence-corrected chi connectivity index (χ2v) is 4.22. The molecule has 1 heterocycles. The summed E-state index contributed by atoms with van der Waals surface area (Å²) in [5, 5.41) is 0. The Morgan fingerprint density at radius 2 is 2.07 bits per heavy atom. The van der Waals surface area contributed by atoms with Crippen LogP contribution in [0.5, 0.6) is 0 Å². The predicted octanol–water partition coefficient (Wildman–Crippen LogP) is 2.03. The normalized spacial score (nSPS) is 34.6. The van der Waals surface area contributed by atoms with E-state index in [1.807, 2.05) is 30.3 Å². The maximum absolute atomic E-state index is 11.7.